The molecule has 2 saturated heterocycles. The molecule has 3 nitrogen and oxygen atoms in total. The Morgan fingerprint density at radius 2 is 2.28 bits per heavy atom. The maximum Gasteiger partial charge on any atom is 0.0544 e. The maximum absolute atomic E-state index is 4.49. The van der Waals surface area contributed by atoms with E-state index < -0.39 is 0 Å². The SMILES string of the molecule is CC1CN2CCCC2CN1Cc1ccc(Br)cn1. The standard InChI is InChI=1S/C14H20BrN3/c1-11-8-17-6-2-3-14(17)10-18(11)9-13-5-4-12(15)7-16-13/h4-5,7,11,14H,2-3,6,8-10H2,1H3. The second-order valence-electron chi connectivity index (χ2n) is 5.54. The van der Waals surface area contributed by atoms with E-state index in [0.717, 1.165) is 17.1 Å². The van der Waals surface area contributed by atoms with Crippen LogP contribution < -0.4 is 0 Å². The highest BCUT2D eigenvalue weighted by atomic mass is 79.9. The summed E-state index contributed by atoms with van der Waals surface area (Å²) in [5.41, 5.74) is 1.18. The number of fused-ring (bicyclic) bond motifs is 1. The van der Waals surface area contributed by atoms with Gasteiger partial charge in [-0.1, -0.05) is 0 Å². The molecule has 18 heavy (non-hydrogen) atoms. The zero-order chi connectivity index (χ0) is 12.5. The van der Waals surface area contributed by atoms with Gasteiger partial charge in [0.1, 0.15) is 0 Å². The first-order valence-electron chi connectivity index (χ1n) is 6.81. The molecule has 0 amide bonds. The average molecular weight is 310 g/mol. The van der Waals surface area contributed by atoms with E-state index in [0.29, 0.717) is 6.04 Å². The molecule has 0 saturated carbocycles. The van der Waals surface area contributed by atoms with Crippen LogP contribution in [0.15, 0.2) is 22.8 Å². The summed E-state index contributed by atoms with van der Waals surface area (Å²) in [4.78, 5) is 9.74. The largest absolute Gasteiger partial charge is 0.298 e. The molecule has 0 spiro atoms. The highest BCUT2D eigenvalue weighted by molar-refractivity contribution is 9.10. The first kappa shape index (κ1) is 12.6. The van der Waals surface area contributed by atoms with Crippen molar-refractivity contribution in [3.63, 3.8) is 0 Å². The summed E-state index contributed by atoms with van der Waals surface area (Å²) in [6, 6.07) is 5.64. The van der Waals surface area contributed by atoms with E-state index in [9.17, 15) is 0 Å². The molecular weight excluding hydrogens is 290 g/mol. The number of halogens is 1. The van der Waals surface area contributed by atoms with Crippen LogP contribution in [0, 0.1) is 0 Å². The first-order valence-corrected chi connectivity index (χ1v) is 7.60. The Morgan fingerprint density at radius 1 is 1.39 bits per heavy atom. The van der Waals surface area contributed by atoms with Gasteiger partial charge < -0.3 is 0 Å². The van der Waals surface area contributed by atoms with Crippen molar-refractivity contribution in [3.05, 3.63) is 28.5 Å². The predicted octanol–water partition coefficient (Wildman–Crippen LogP) is 2.51. The number of hydrogen-bond donors (Lipinski definition) is 0. The van der Waals surface area contributed by atoms with E-state index in [1.54, 1.807) is 0 Å². The number of aromatic nitrogens is 1. The van der Waals surface area contributed by atoms with Crippen molar-refractivity contribution in [1.29, 1.82) is 0 Å². The van der Waals surface area contributed by atoms with Crippen LogP contribution in [0.2, 0.25) is 0 Å². The lowest BCUT2D eigenvalue weighted by Crippen LogP contribution is -2.54. The highest BCUT2D eigenvalue weighted by Gasteiger charge is 2.34. The summed E-state index contributed by atoms with van der Waals surface area (Å²) in [5, 5.41) is 0. The summed E-state index contributed by atoms with van der Waals surface area (Å²) in [5.74, 6) is 0. The van der Waals surface area contributed by atoms with Gasteiger partial charge in [0.25, 0.3) is 0 Å². The maximum atomic E-state index is 4.49. The summed E-state index contributed by atoms with van der Waals surface area (Å²) < 4.78 is 1.06. The number of nitrogens with zero attached hydrogens (tertiary/aromatic N) is 3. The Hall–Kier alpha value is -0.450. The van der Waals surface area contributed by atoms with Crippen LogP contribution in [-0.4, -0.2) is 46.5 Å². The second-order valence-corrected chi connectivity index (χ2v) is 6.45. The zero-order valence-electron chi connectivity index (χ0n) is 10.8. The Kier molecular flexibility index (Phi) is 3.68. The van der Waals surface area contributed by atoms with Crippen LogP contribution in [0.1, 0.15) is 25.5 Å². The minimum atomic E-state index is 0.643. The number of piperazine rings is 1. The van der Waals surface area contributed by atoms with E-state index in [4.69, 9.17) is 0 Å². The molecule has 2 atom stereocenters. The van der Waals surface area contributed by atoms with Crippen molar-refractivity contribution in [1.82, 2.24) is 14.8 Å². The monoisotopic (exact) mass is 309 g/mol. The molecule has 4 heteroatoms. The van der Waals surface area contributed by atoms with Gasteiger partial charge in [0.2, 0.25) is 0 Å². The van der Waals surface area contributed by atoms with Crippen LogP contribution >= 0.6 is 15.9 Å². The van der Waals surface area contributed by atoms with Crippen molar-refractivity contribution < 1.29 is 0 Å². The minimum absolute atomic E-state index is 0.643. The number of hydrogen-bond acceptors (Lipinski definition) is 3. The summed E-state index contributed by atoms with van der Waals surface area (Å²) in [6.07, 6.45) is 4.64. The van der Waals surface area contributed by atoms with Crippen molar-refractivity contribution in [3.8, 4) is 0 Å². The summed E-state index contributed by atoms with van der Waals surface area (Å²) in [6.45, 7) is 7.06. The van der Waals surface area contributed by atoms with Crippen LogP contribution in [0.5, 0.6) is 0 Å². The fourth-order valence-electron chi connectivity index (χ4n) is 3.18. The third-order valence-electron chi connectivity index (χ3n) is 4.22. The second kappa shape index (κ2) is 5.27. The van der Waals surface area contributed by atoms with E-state index >= 15 is 0 Å². The van der Waals surface area contributed by atoms with Gasteiger partial charge in [0, 0.05) is 42.4 Å². The average Bonchev–Trinajstić information content (AvgIpc) is 2.79. The van der Waals surface area contributed by atoms with Crippen LogP contribution in [-0.2, 0) is 6.54 Å². The van der Waals surface area contributed by atoms with Gasteiger partial charge in [0.05, 0.1) is 5.69 Å². The van der Waals surface area contributed by atoms with Crippen LogP contribution in [0.3, 0.4) is 0 Å². The molecule has 2 fully saturated rings. The molecule has 3 rings (SSSR count). The third-order valence-corrected chi connectivity index (χ3v) is 4.69. The number of pyridine rings is 1. The van der Waals surface area contributed by atoms with Gasteiger partial charge in [-0.05, 0) is 54.4 Å². The molecular formula is C14H20BrN3. The van der Waals surface area contributed by atoms with Gasteiger partial charge in [-0.15, -0.1) is 0 Å². The van der Waals surface area contributed by atoms with Crippen molar-refractivity contribution in [2.75, 3.05) is 19.6 Å². The Balaban J connectivity index is 1.66. The lowest BCUT2D eigenvalue weighted by atomic mass is 10.1. The third kappa shape index (κ3) is 2.60. The molecule has 0 aromatic carbocycles. The fourth-order valence-corrected chi connectivity index (χ4v) is 3.41. The molecule has 2 unspecified atom stereocenters. The molecule has 0 N–H and O–H groups in total. The smallest absolute Gasteiger partial charge is 0.0544 e. The molecule has 2 aliphatic heterocycles. The molecule has 98 valence electrons. The van der Waals surface area contributed by atoms with E-state index in [1.807, 2.05) is 6.20 Å². The summed E-state index contributed by atoms with van der Waals surface area (Å²) >= 11 is 3.44. The fraction of sp³-hybridized carbons (Fsp3) is 0.643. The quantitative estimate of drug-likeness (QED) is 0.837. The minimum Gasteiger partial charge on any atom is -0.298 e. The Morgan fingerprint density at radius 3 is 3.06 bits per heavy atom. The summed E-state index contributed by atoms with van der Waals surface area (Å²) in [7, 11) is 0. The van der Waals surface area contributed by atoms with Crippen molar-refractivity contribution in [2.45, 2.75) is 38.4 Å². The normalized spacial score (nSPS) is 29.4. The van der Waals surface area contributed by atoms with Crippen molar-refractivity contribution in [2.24, 2.45) is 0 Å². The predicted molar refractivity (Wildman–Crippen MR) is 76.4 cm³/mol. The van der Waals surface area contributed by atoms with Crippen LogP contribution in [0.25, 0.3) is 0 Å². The molecule has 0 radical (unpaired) electrons. The molecule has 1 aromatic rings. The first-order chi connectivity index (χ1) is 8.72. The molecule has 0 bridgehead atoms. The molecule has 2 aliphatic rings. The number of rotatable bonds is 2. The topological polar surface area (TPSA) is 19.4 Å². The highest BCUT2D eigenvalue weighted by Crippen LogP contribution is 2.25. The van der Waals surface area contributed by atoms with E-state index in [2.05, 4.69) is 49.8 Å². The van der Waals surface area contributed by atoms with Crippen molar-refractivity contribution >= 4 is 15.9 Å². The molecule has 3 heterocycles. The van der Waals surface area contributed by atoms with Gasteiger partial charge in [-0.2, -0.15) is 0 Å². The lowest BCUT2D eigenvalue weighted by molar-refractivity contribution is 0.0532. The zero-order valence-corrected chi connectivity index (χ0v) is 12.4. The van der Waals surface area contributed by atoms with E-state index in [-0.39, 0.29) is 0 Å². The molecule has 0 aliphatic carbocycles. The van der Waals surface area contributed by atoms with Gasteiger partial charge >= 0.3 is 0 Å². The Labute approximate surface area is 117 Å². The lowest BCUT2D eigenvalue weighted by Gasteiger charge is -2.42. The Bertz CT molecular complexity index is 406. The van der Waals surface area contributed by atoms with Gasteiger partial charge in [-0.25, -0.2) is 0 Å². The van der Waals surface area contributed by atoms with Gasteiger partial charge in [-0.3, -0.25) is 14.8 Å². The van der Waals surface area contributed by atoms with Crippen LogP contribution in [0.4, 0.5) is 0 Å². The van der Waals surface area contributed by atoms with E-state index in [1.165, 1.54) is 38.2 Å². The van der Waals surface area contributed by atoms with Gasteiger partial charge in [0.15, 0.2) is 0 Å². The molecule has 1 aromatic heterocycles.